The number of ether oxygens (including phenoxy) is 2. The number of nitrogens with zero attached hydrogens (tertiary/aromatic N) is 1. The predicted molar refractivity (Wildman–Crippen MR) is 106 cm³/mol. The summed E-state index contributed by atoms with van der Waals surface area (Å²) in [6.07, 6.45) is -0.323. The van der Waals surface area contributed by atoms with E-state index in [1.54, 1.807) is 6.07 Å². The molecule has 0 bridgehead atoms. The lowest BCUT2D eigenvalue weighted by atomic mass is 10.1. The molecule has 0 aromatic heterocycles. The summed E-state index contributed by atoms with van der Waals surface area (Å²) in [6, 6.07) is 11.4. The van der Waals surface area contributed by atoms with Crippen LogP contribution in [0, 0.1) is 13.8 Å². The van der Waals surface area contributed by atoms with Crippen LogP contribution < -0.4 is 4.74 Å². The molecule has 0 amide bonds. The molecule has 0 N–H and O–H groups in total. The molecule has 28 heavy (non-hydrogen) atoms. The second-order valence-corrected chi connectivity index (χ2v) is 9.20. The molecule has 1 aliphatic rings. The summed E-state index contributed by atoms with van der Waals surface area (Å²) in [5, 5.41) is 0. The summed E-state index contributed by atoms with van der Waals surface area (Å²) in [5.41, 5.74) is 2.24. The van der Waals surface area contributed by atoms with Crippen LogP contribution in [0.3, 0.4) is 0 Å². The van der Waals surface area contributed by atoms with Crippen molar-refractivity contribution in [3.05, 3.63) is 59.2 Å². The van der Waals surface area contributed by atoms with Gasteiger partial charge in [-0.05, 0) is 63.6 Å². The van der Waals surface area contributed by atoms with Crippen molar-refractivity contribution >= 4 is 16.0 Å². The molecule has 1 fully saturated rings. The van der Waals surface area contributed by atoms with E-state index < -0.39 is 16.0 Å². The molecule has 2 aromatic carbocycles. The average Bonchev–Trinajstić information content (AvgIpc) is 2.63. The second kappa shape index (κ2) is 8.03. The van der Waals surface area contributed by atoms with E-state index in [0.29, 0.717) is 24.4 Å². The Hall–Kier alpha value is -2.22. The van der Waals surface area contributed by atoms with Crippen molar-refractivity contribution in [2.75, 3.05) is 13.1 Å². The summed E-state index contributed by atoms with van der Waals surface area (Å²) in [6.45, 7) is 8.16. The zero-order chi connectivity index (χ0) is 20.5. The number of aryl methyl sites for hydroxylation is 2. The third kappa shape index (κ3) is 4.43. The average molecular weight is 404 g/mol. The van der Waals surface area contributed by atoms with Gasteiger partial charge in [-0.3, -0.25) is 0 Å². The van der Waals surface area contributed by atoms with Crippen molar-refractivity contribution in [2.45, 2.75) is 44.8 Å². The van der Waals surface area contributed by atoms with Gasteiger partial charge in [-0.2, -0.15) is 4.31 Å². The predicted octanol–water partition coefficient (Wildman–Crippen LogP) is 3.32. The van der Waals surface area contributed by atoms with Crippen LogP contribution in [0.1, 0.15) is 35.3 Å². The molecule has 1 aliphatic heterocycles. The van der Waals surface area contributed by atoms with E-state index in [-0.39, 0.29) is 17.1 Å². The first kappa shape index (κ1) is 20.5. The first-order valence-electron chi connectivity index (χ1n) is 9.22. The van der Waals surface area contributed by atoms with E-state index in [9.17, 15) is 13.2 Å². The Morgan fingerprint density at radius 1 is 1.04 bits per heavy atom. The monoisotopic (exact) mass is 403 g/mol. The maximum absolute atomic E-state index is 12.9. The number of morpholine rings is 1. The minimum atomic E-state index is -3.64. The third-order valence-electron chi connectivity index (χ3n) is 4.65. The van der Waals surface area contributed by atoms with Crippen LogP contribution in [0.15, 0.2) is 47.4 Å². The SMILES string of the molecule is Cc1ccc(OC(=O)c2ccc(S(=O)(=O)N3CC(C)OC(C)C3)cc2)c(C)c1. The lowest BCUT2D eigenvalue weighted by molar-refractivity contribution is -0.0440. The van der Waals surface area contributed by atoms with Crippen molar-refractivity contribution in [1.82, 2.24) is 4.31 Å². The Bertz CT molecular complexity index is 959. The van der Waals surface area contributed by atoms with Gasteiger partial charge in [0.25, 0.3) is 0 Å². The topological polar surface area (TPSA) is 72.9 Å². The highest BCUT2D eigenvalue weighted by molar-refractivity contribution is 7.89. The van der Waals surface area contributed by atoms with Gasteiger partial charge in [0.2, 0.25) is 10.0 Å². The van der Waals surface area contributed by atoms with Gasteiger partial charge in [-0.1, -0.05) is 17.7 Å². The second-order valence-electron chi connectivity index (χ2n) is 7.26. The zero-order valence-electron chi connectivity index (χ0n) is 16.5. The van der Waals surface area contributed by atoms with Gasteiger partial charge >= 0.3 is 5.97 Å². The summed E-state index contributed by atoms with van der Waals surface area (Å²) in [5.74, 6) is -0.0342. The van der Waals surface area contributed by atoms with Crippen LogP contribution in [-0.2, 0) is 14.8 Å². The third-order valence-corrected chi connectivity index (χ3v) is 6.49. The number of rotatable bonds is 4. The fourth-order valence-electron chi connectivity index (χ4n) is 3.31. The van der Waals surface area contributed by atoms with Gasteiger partial charge in [0.05, 0.1) is 22.7 Å². The summed E-state index contributed by atoms with van der Waals surface area (Å²) in [4.78, 5) is 12.6. The first-order chi connectivity index (χ1) is 13.2. The van der Waals surface area contributed by atoms with Crippen LogP contribution in [0.25, 0.3) is 0 Å². The summed E-state index contributed by atoms with van der Waals surface area (Å²) < 4.78 is 38.2. The molecule has 2 atom stereocenters. The van der Waals surface area contributed by atoms with Crippen LogP contribution >= 0.6 is 0 Å². The van der Waals surface area contributed by atoms with E-state index in [1.807, 2.05) is 39.8 Å². The number of carbonyl (C=O) groups excluding carboxylic acids is 1. The molecule has 0 aliphatic carbocycles. The molecule has 3 rings (SSSR count). The van der Waals surface area contributed by atoms with Crippen molar-refractivity contribution < 1.29 is 22.7 Å². The van der Waals surface area contributed by atoms with Gasteiger partial charge in [-0.25, -0.2) is 13.2 Å². The quantitative estimate of drug-likeness (QED) is 0.578. The number of benzene rings is 2. The van der Waals surface area contributed by atoms with Crippen molar-refractivity contribution in [1.29, 1.82) is 0 Å². The Balaban J connectivity index is 1.76. The van der Waals surface area contributed by atoms with E-state index in [0.717, 1.165) is 11.1 Å². The molecule has 150 valence electrons. The molecule has 0 radical (unpaired) electrons. The number of hydrogen-bond donors (Lipinski definition) is 0. The van der Waals surface area contributed by atoms with Crippen LogP contribution in [0.4, 0.5) is 0 Å². The van der Waals surface area contributed by atoms with E-state index in [2.05, 4.69) is 0 Å². The summed E-state index contributed by atoms with van der Waals surface area (Å²) in [7, 11) is -3.64. The molecular formula is C21H25NO5S. The van der Waals surface area contributed by atoms with Crippen LogP contribution in [0.2, 0.25) is 0 Å². The maximum Gasteiger partial charge on any atom is 0.343 e. The molecule has 2 aromatic rings. The van der Waals surface area contributed by atoms with Crippen LogP contribution in [-0.4, -0.2) is 44.0 Å². The Morgan fingerprint density at radius 2 is 1.64 bits per heavy atom. The van der Waals surface area contributed by atoms with E-state index in [4.69, 9.17) is 9.47 Å². The molecule has 1 saturated heterocycles. The maximum atomic E-state index is 12.9. The standard InChI is InChI=1S/C21H25NO5S/c1-14-5-10-20(15(2)11-14)27-21(23)18-6-8-19(9-7-18)28(24,25)22-12-16(3)26-17(4)13-22/h5-11,16-17H,12-13H2,1-4H3. The van der Waals surface area contributed by atoms with Crippen molar-refractivity contribution in [2.24, 2.45) is 0 Å². The van der Waals surface area contributed by atoms with Gasteiger partial charge in [0.15, 0.2) is 0 Å². The molecular weight excluding hydrogens is 378 g/mol. The zero-order valence-corrected chi connectivity index (χ0v) is 17.3. The van der Waals surface area contributed by atoms with Gasteiger partial charge in [-0.15, -0.1) is 0 Å². The highest BCUT2D eigenvalue weighted by Crippen LogP contribution is 2.23. The molecule has 0 spiro atoms. The summed E-state index contributed by atoms with van der Waals surface area (Å²) >= 11 is 0. The van der Waals surface area contributed by atoms with Gasteiger partial charge in [0, 0.05) is 13.1 Å². The minimum absolute atomic E-state index is 0.150. The van der Waals surface area contributed by atoms with Crippen molar-refractivity contribution in [3.63, 3.8) is 0 Å². The fraction of sp³-hybridized carbons (Fsp3) is 0.381. The van der Waals surface area contributed by atoms with Gasteiger partial charge < -0.3 is 9.47 Å². The first-order valence-corrected chi connectivity index (χ1v) is 10.7. The smallest absolute Gasteiger partial charge is 0.343 e. The van der Waals surface area contributed by atoms with Crippen molar-refractivity contribution in [3.8, 4) is 5.75 Å². The Morgan fingerprint density at radius 3 is 2.21 bits per heavy atom. The molecule has 0 saturated carbocycles. The Kier molecular flexibility index (Phi) is 5.88. The normalized spacial score (nSPS) is 20.7. The van der Waals surface area contributed by atoms with Gasteiger partial charge in [0.1, 0.15) is 5.75 Å². The van der Waals surface area contributed by atoms with Crippen LogP contribution in [0.5, 0.6) is 5.75 Å². The largest absolute Gasteiger partial charge is 0.423 e. The fourth-order valence-corrected chi connectivity index (χ4v) is 4.90. The number of esters is 1. The lowest BCUT2D eigenvalue weighted by Crippen LogP contribution is -2.48. The number of hydrogen-bond acceptors (Lipinski definition) is 5. The highest BCUT2D eigenvalue weighted by atomic mass is 32.2. The lowest BCUT2D eigenvalue weighted by Gasteiger charge is -2.34. The number of sulfonamides is 1. The molecule has 6 nitrogen and oxygen atoms in total. The molecule has 7 heteroatoms. The number of carbonyl (C=O) groups is 1. The molecule has 2 unspecified atom stereocenters. The highest BCUT2D eigenvalue weighted by Gasteiger charge is 2.32. The van der Waals surface area contributed by atoms with E-state index in [1.165, 1.54) is 28.6 Å². The molecule has 1 heterocycles. The minimum Gasteiger partial charge on any atom is -0.423 e. The Labute approximate surface area is 166 Å². The van der Waals surface area contributed by atoms with E-state index >= 15 is 0 Å².